The van der Waals surface area contributed by atoms with Gasteiger partial charge in [0, 0.05) is 11.3 Å². The molecule has 1 N–H and O–H groups in total. The number of ether oxygens (including phenoxy) is 1. The second-order valence-electron chi connectivity index (χ2n) is 7.78. The number of benzene rings is 3. The number of aryl methyl sites for hydroxylation is 1. The molecule has 0 saturated heterocycles. The Morgan fingerprint density at radius 3 is 2.52 bits per heavy atom. The predicted molar refractivity (Wildman–Crippen MR) is 123 cm³/mol. The molecular formula is C26H26N2O3. The van der Waals surface area contributed by atoms with Crippen LogP contribution in [0.1, 0.15) is 37.3 Å². The fourth-order valence-corrected chi connectivity index (χ4v) is 3.33. The third-order valence-electron chi connectivity index (χ3n) is 5.39. The van der Waals surface area contributed by atoms with Crippen LogP contribution in [-0.4, -0.2) is 17.5 Å². The lowest BCUT2D eigenvalue weighted by Gasteiger charge is -2.11. The second-order valence-corrected chi connectivity index (χ2v) is 7.78. The van der Waals surface area contributed by atoms with Crippen LogP contribution in [0.2, 0.25) is 0 Å². The zero-order valence-electron chi connectivity index (χ0n) is 18.0. The van der Waals surface area contributed by atoms with Crippen LogP contribution in [0, 0.1) is 6.92 Å². The molecule has 3 aromatic carbocycles. The Balaban J connectivity index is 1.34. The number of aromatic nitrogens is 1. The average Bonchev–Trinajstić information content (AvgIpc) is 3.21. The van der Waals surface area contributed by atoms with Gasteiger partial charge in [-0.1, -0.05) is 32.0 Å². The highest BCUT2D eigenvalue weighted by Gasteiger charge is 2.10. The van der Waals surface area contributed by atoms with Crippen molar-refractivity contribution >= 4 is 22.7 Å². The largest absolute Gasteiger partial charge is 0.484 e. The van der Waals surface area contributed by atoms with Crippen LogP contribution < -0.4 is 10.1 Å². The number of nitrogens with zero attached hydrogens (tertiary/aromatic N) is 1. The molecule has 1 aromatic heterocycles. The molecule has 1 amide bonds. The molecule has 4 rings (SSSR count). The summed E-state index contributed by atoms with van der Waals surface area (Å²) < 4.78 is 11.5. The lowest BCUT2D eigenvalue weighted by Crippen LogP contribution is -2.20. The third kappa shape index (κ3) is 4.94. The summed E-state index contributed by atoms with van der Waals surface area (Å²) in [5.74, 6) is 1.54. The van der Waals surface area contributed by atoms with E-state index in [4.69, 9.17) is 9.15 Å². The number of anilines is 1. The van der Waals surface area contributed by atoms with Gasteiger partial charge in [0.2, 0.25) is 5.89 Å². The van der Waals surface area contributed by atoms with Gasteiger partial charge in [0.05, 0.1) is 0 Å². The summed E-state index contributed by atoms with van der Waals surface area (Å²) >= 11 is 0. The van der Waals surface area contributed by atoms with Gasteiger partial charge in [-0.3, -0.25) is 4.79 Å². The molecule has 0 radical (unpaired) electrons. The van der Waals surface area contributed by atoms with Gasteiger partial charge in [0.25, 0.3) is 5.91 Å². The second kappa shape index (κ2) is 9.04. The molecule has 1 atom stereocenters. The van der Waals surface area contributed by atoms with Crippen LogP contribution in [-0.2, 0) is 4.79 Å². The Kier molecular flexibility index (Phi) is 6.03. The molecule has 1 heterocycles. The zero-order valence-corrected chi connectivity index (χ0v) is 18.0. The first-order valence-corrected chi connectivity index (χ1v) is 10.5. The van der Waals surface area contributed by atoms with E-state index < -0.39 is 0 Å². The fourth-order valence-electron chi connectivity index (χ4n) is 3.33. The van der Waals surface area contributed by atoms with Crippen molar-refractivity contribution in [3.8, 4) is 17.2 Å². The molecule has 5 heteroatoms. The summed E-state index contributed by atoms with van der Waals surface area (Å²) in [7, 11) is 0. The van der Waals surface area contributed by atoms with Crippen LogP contribution in [0.25, 0.3) is 22.6 Å². The number of nitrogens with one attached hydrogen (secondary N) is 1. The molecule has 0 bridgehead atoms. The van der Waals surface area contributed by atoms with Crippen LogP contribution in [0.4, 0.5) is 5.69 Å². The Hall–Kier alpha value is -3.60. The van der Waals surface area contributed by atoms with E-state index in [-0.39, 0.29) is 12.5 Å². The van der Waals surface area contributed by atoms with Gasteiger partial charge in [0.15, 0.2) is 12.2 Å². The predicted octanol–water partition coefficient (Wildman–Crippen LogP) is 6.33. The number of carbonyl (C=O) groups is 1. The van der Waals surface area contributed by atoms with E-state index in [1.165, 1.54) is 5.56 Å². The maximum absolute atomic E-state index is 12.2. The highest BCUT2D eigenvalue weighted by molar-refractivity contribution is 5.92. The van der Waals surface area contributed by atoms with Crippen molar-refractivity contribution in [2.75, 3.05) is 11.9 Å². The smallest absolute Gasteiger partial charge is 0.262 e. The zero-order chi connectivity index (χ0) is 21.8. The van der Waals surface area contributed by atoms with Gasteiger partial charge < -0.3 is 14.5 Å². The normalized spacial score (nSPS) is 12.0. The SMILES string of the molecule is CC[C@@H](C)c1ccc(OCC(=O)Nc2ccc(-c3nc4ccc(C)cc4o3)cc2)cc1. The first-order valence-electron chi connectivity index (χ1n) is 10.5. The summed E-state index contributed by atoms with van der Waals surface area (Å²) in [6, 6.07) is 21.3. The van der Waals surface area contributed by atoms with Crippen molar-refractivity contribution < 1.29 is 13.9 Å². The lowest BCUT2D eigenvalue weighted by molar-refractivity contribution is -0.118. The number of oxazole rings is 1. The summed E-state index contributed by atoms with van der Waals surface area (Å²) in [6.45, 7) is 6.33. The van der Waals surface area contributed by atoms with Gasteiger partial charge in [0.1, 0.15) is 11.3 Å². The topological polar surface area (TPSA) is 64.4 Å². The Morgan fingerprint density at radius 1 is 1.06 bits per heavy atom. The van der Waals surface area contributed by atoms with Crippen LogP contribution in [0.3, 0.4) is 0 Å². The van der Waals surface area contributed by atoms with E-state index in [9.17, 15) is 4.79 Å². The molecule has 0 aliphatic rings. The Morgan fingerprint density at radius 2 is 1.81 bits per heavy atom. The van der Waals surface area contributed by atoms with E-state index in [1.807, 2.05) is 73.7 Å². The number of carbonyl (C=O) groups excluding carboxylic acids is 1. The van der Waals surface area contributed by atoms with E-state index in [2.05, 4.69) is 24.1 Å². The highest BCUT2D eigenvalue weighted by atomic mass is 16.5. The van der Waals surface area contributed by atoms with Gasteiger partial charge in [-0.15, -0.1) is 0 Å². The molecule has 31 heavy (non-hydrogen) atoms. The summed E-state index contributed by atoms with van der Waals surface area (Å²) in [6.07, 6.45) is 1.09. The molecule has 0 saturated carbocycles. The highest BCUT2D eigenvalue weighted by Crippen LogP contribution is 2.26. The quantitative estimate of drug-likeness (QED) is 0.383. The molecule has 5 nitrogen and oxygen atoms in total. The van der Waals surface area contributed by atoms with Crippen molar-refractivity contribution in [2.24, 2.45) is 0 Å². The van der Waals surface area contributed by atoms with Gasteiger partial charge in [-0.2, -0.15) is 0 Å². The fraction of sp³-hybridized carbons (Fsp3) is 0.231. The van der Waals surface area contributed by atoms with Crippen LogP contribution in [0.15, 0.2) is 71.1 Å². The molecule has 0 aliphatic carbocycles. The first kappa shape index (κ1) is 20.7. The Bertz CT molecular complexity index is 1180. The number of amides is 1. The summed E-state index contributed by atoms with van der Waals surface area (Å²) in [4.78, 5) is 16.8. The number of hydrogen-bond acceptors (Lipinski definition) is 4. The number of hydrogen-bond donors (Lipinski definition) is 1. The minimum atomic E-state index is -0.212. The van der Waals surface area contributed by atoms with Crippen molar-refractivity contribution in [3.05, 3.63) is 77.9 Å². The van der Waals surface area contributed by atoms with Gasteiger partial charge in [-0.05, 0) is 78.9 Å². The van der Waals surface area contributed by atoms with E-state index in [0.29, 0.717) is 23.2 Å². The van der Waals surface area contributed by atoms with Crippen molar-refractivity contribution in [3.63, 3.8) is 0 Å². The third-order valence-corrected chi connectivity index (χ3v) is 5.39. The monoisotopic (exact) mass is 414 g/mol. The van der Waals surface area contributed by atoms with Crippen molar-refractivity contribution in [2.45, 2.75) is 33.1 Å². The molecule has 0 fully saturated rings. The molecule has 158 valence electrons. The maximum Gasteiger partial charge on any atom is 0.262 e. The van der Waals surface area contributed by atoms with Gasteiger partial charge in [-0.25, -0.2) is 4.98 Å². The average molecular weight is 415 g/mol. The lowest BCUT2D eigenvalue weighted by atomic mass is 9.99. The minimum absolute atomic E-state index is 0.0467. The van der Waals surface area contributed by atoms with Crippen molar-refractivity contribution in [1.82, 2.24) is 4.98 Å². The summed E-state index contributed by atoms with van der Waals surface area (Å²) in [5.41, 5.74) is 5.53. The van der Waals surface area contributed by atoms with E-state index in [0.717, 1.165) is 28.6 Å². The van der Waals surface area contributed by atoms with Crippen molar-refractivity contribution in [1.29, 1.82) is 0 Å². The minimum Gasteiger partial charge on any atom is -0.484 e. The Labute approximate surface area is 182 Å². The van der Waals surface area contributed by atoms with E-state index in [1.54, 1.807) is 0 Å². The maximum atomic E-state index is 12.2. The molecule has 0 aliphatic heterocycles. The molecule has 0 spiro atoms. The number of rotatable bonds is 7. The molecular weight excluding hydrogens is 388 g/mol. The standard InChI is InChI=1S/C26H26N2O3/c1-4-18(3)19-8-12-22(13-9-19)30-16-25(29)27-21-10-6-20(7-11-21)26-28-23-14-5-17(2)15-24(23)31-26/h5-15,18H,4,16H2,1-3H3,(H,27,29)/t18-/m1/s1. The van der Waals surface area contributed by atoms with Crippen LogP contribution in [0.5, 0.6) is 5.75 Å². The van der Waals surface area contributed by atoms with E-state index >= 15 is 0 Å². The molecule has 4 aromatic rings. The number of fused-ring (bicyclic) bond motifs is 1. The molecule has 0 unspecified atom stereocenters. The summed E-state index contributed by atoms with van der Waals surface area (Å²) in [5, 5.41) is 2.85. The first-order chi connectivity index (χ1) is 15.0. The van der Waals surface area contributed by atoms with Crippen LogP contribution >= 0.6 is 0 Å². The van der Waals surface area contributed by atoms with Gasteiger partial charge >= 0.3 is 0 Å².